The van der Waals surface area contributed by atoms with Crippen LogP contribution in [0.5, 0.6) is 0 Å². The smallest absolute Gasteiger partial charge is 0.269 e. The number of hydrogen-bond donors (Lipinski definition) is 0. The lowest BCUT2D eigenvalue weighted by Crippen LogP contribution is -2.32. The molecule has 7 heteroatoms. The zero-order valence-electron chi connectivity index (χ0n) is 15.7. The fraction of sp³-hybridized carbons (Fsp3) is 0.182. The Balaban J connectivity index is 1.41. The molecule has 0 amide bonds. The zero-order chi connectivity index (χ0) is 19.8. The summed E-state index contributed by atoms with van der Waals surface area (Å²) in [7, 11) is 0. The van der Waals surface area contributed by atoms with Gasteiger partial charge in [-0.05, 0) is 29.7 Å². The molecule has 29 heavy (non-hydrogen) atoms. The Kier molecular flexibility index (Phi) is 4.20. The molecule has 144 valence electrons. The first-order chi connectivity index (χ1) is 14.2. The molecule has 4 heterocycles. The van der Waals surface area contributed by atoms with Crippen LogP contribution < -0.4 is 16.0 Å². The molecule has 0 saturated carbocycles. The van der Waals surface area contributed by atoms with Gasteiger partial charge in [-0.2, -0.15) is 5.10 Å². The summed E-state index contributed by atoms with van der Waals surface area (Å²) in [4.78, 5) is 31.5. The van der Waals surface area contributed by atoms with Crippen molar-refractivity contribution in [1.82, 2.24) is 19.2 Å². The molecule has 0 aliphatic carbocycles. The highest BCUT2D eigenvalue weighted by Crippen LogP contribution is 2.22. The van der Waals surface area contributed by atoms with E-state index in [1.54, 1.807) is 30.6 Å². The SMILES string of the molecule is O=c1cc(N2CCc3ccccc3C2)cnn1Cc1cc(=O)n2ccccc2n1. The Morgan fingerprint density at radius 3 is 2.62 bits per heavy atom. The first kappa shape index (κ1) is 17.4. The van der Waals surface area contributed by atoms with Crippen LogP contribution in [0.2, 0.25) is 0 Å². The number of hydrogen-bond acceptors (Lipinski definition) is 5. The number of fused-ring (bicyclic) bond motifs is 2. The van der Waals surface area contributed by atoms with E-state index in [-0.39, 0.29) is 17.7 Å². The van der Waals surface area contributed by atoms with Crippen molar-refractivity contribution in [3.8, 4) is 0 Å². The molecule has 5 rings (SSSR count). The van der Waals surface area contributed by atoms with Gasteiger partial charge in [0.1, 0.15) is 5.65 Å². The van der Waals surface area contributed by atoms with Crippen LogP contribution in [0.3, 0.4) is 0 Å². The summed E-state index contributed by atoms with van der Waals surface area (Å²) in [5.74, 6) is 0. The van der Waals surface area contributed by atoms with Crippen molar-refractivity contribution < 1.29 is 0 Å². The van der Waals surface area contributed by atoms with Gasteiger partial charge in [0.15, 0.2) is 0 Å². The minimum Gasteiger partial charge on any atom is -0.365 e. The fourth-order valence-corrected chi connectivity index (χ4v) is 3.77. The third kappa shape index (κ3) is 3.31. The first-order valence-corrected chi connectivity index (χ1v) is 9.54. The Labute approximate surface area is 166 Å². The lowest BCUT2D eigenvalue weighted by Gasteiger charge is -2.30. The maximum atomic E-state index is 12.6. The molecule has 4 aromatic rings. The molecule has 3 aromatic heterocycles. The highest BCUT2D eigenvalue weighted by atomic mass is 16.1. The molecule has 1 aliphatic rings. The van der Waals surface area contributed by atoms with Gasteiger partial charge < -0.3 is 4.90 Å². The van der Waals surface area contributed by atoms with Gasteiger partial charge in [0.25, 0.3) is 11.1 Å². The zero-order valence-corrected chi connectivity index (χ0v) is 15.7. The normalized spacial score (nSPS) is 13.4. The molecular weight excluding hydrogens is 366 g/mol. The average molecular weight is 385 g/mol. The lowest BCUT2D eigenvalue weighted by atomic mass is 10.00. The summed E-state index contributed by atoms with van der Waals surface area (Å²) >= 11 is 0. The summed E-state index contributed by atoms with van der Waals surface area (Å²) in [6.07, 6.45) is 4.33. The minimum atomic E-state index is -0.212. The predicted octanol–water partition coefficient (Wildman–Crippen LogP) is 1.86. The van der Waals surface area contributed by atoms with E-state index >= 15 is 0 Å². The van der Waals surface area contributed by atoms with E-state index in [2.05, 4.69) is 33.2 Å². The van der Waals surface area contributed by atoms with Crippen LogP contribution in [0.15, 0.2) is 76.6 Å². The summed E-state index contributed by atoms with van der Waals surface area (Å²) in [5.41, 5.74) is 4.12. The van der Waals surface area contributed by atoms with Gasteiger partial charge in [0.2, 0.25) is 0 Å². The van der Waals surface area contributed by atoms with Crippen molar-refractivity contribution in [2.24, 2.45) is 0 Å². The van der Waals surface area contributed by atoms with Crippen LogP contribution in [-0.2, 0) is 19.5 Å². The second kappa shape index (κ2) is 7.01. The minimum absolute atomic E-state index is 0.155. The van der Waals surface area contributed by atoms with Gasteiger partial charge in [0.05, 0.1) is 24.1 Å². The second-order valence-corrected chi connectivity index (χ2v) is 7.16. The summed E-state index contributed by atoms with van der Waals surface area (Å²) in [6, 6.07) is 16.8. The Morgan fingerprint density at radius 2 is 1.76 bits per heavy atom. The van der Waals surface area contributed by atoms with Gasteiger partial charge in [0, 0.05) is 31.4 Å². The summed E-state index contributed by atoms with van der Waals surface area (Å²) in [6.45, 7) is 1.78. The van der Waals surface area contributed by atoms with Crippen LogP contribution in [0.1, 0.15) is 16.8 Å². The third-order valence-electron chi connectivity index (χ3n) is 5.29. The molecular formula is C22H19N5O2. The summed E-state index contributed by atoms with van der Waals surface area (Å²) in [5, 5.41) is 4.33. The standard InChI is InChI=1S/C22H19N5O2/c28-21-11-18(24-20-7-3-4-9-26(20)21)15-27-22(29)12-19(13-23-27)25-10-8-16-5-1-2-6-17(16)14-25/h1-7,9,11-13H,8,10,14-15H2. The molecule has 0 unspecified atom stereocenters. The van der Waals surface area contributed by atoms with Crippen molar-refractivity contribution in [1.29, 1.82) is 0 Å². The Morgan fingerprint density at radius 1 is 0.931 bits per heavy atom. The third-order valence-corrected chi connectivity index (χ3v) is 5.29. The number of rotatable bonds is 3. The molecule has 7 nitrogen and oxygen atoms in total. The highest BCUT2D eigenvalue weighted by molar-refractivity contribution is 5.47. The highest BCUT2D eigenvalue weighted by Gasteiger charge is 2.17. The van der Waals surface area contributed by atoms with E-state index < -0.39 is 0 Å². The van der Waals surface area contributed by atoms with Crippen molar-refractivity contribution in [3.05, 3.63) is 105 Å². The molecule has 0 saturated heterocycles. The number of aromatic nitrogens is 4. The van der Waals surface area contributed by atoms with Gasteiger partial charge in [-0.3, -0.25) is 14.0 Å². The summed E-state index contributed by atoms with van der Waals surface area (Å²) < 4.78 is 2.81. The second-order valence-electron chi connectivity index (χ2n) is 7.16. The molecule has 1 aliphatic heterocycles. The van der Waals surface area contributed by atoms with Gasteiger partial charge >= 0.3 is 0 Å². The first-order valence-electron chi connectivity index (χ1n) is 9.54. The van der Waals surface area contributed by atoms with Gasteiger partial charge in [-0.1, -0.05) is 30.3 Å². The van der Waals surface area contributed by atoms with Crippen LogP contribution in [-0.4, -0.2) is 25.7 Å². The van der Waals surface area contributed by atoms with E-state index in [0.717, 1.165) is 25.2 Å². The van der Waals surface area contributed by atoms with Crippen LogP contribution in [0.25, 0.3) is 5.65 Å². The van der Waals surface area contributed by atoms with Crippen LogP contribution in [0, 0.1) is 0 Å². The van der Waals surface area contributed by atoms with Crippen molar-refractivity contribution in [3.63, 3.8) is 0 Å². The van der Waals surface area contributed by atoms with Gasteiger partial charge in [-0.15, -0.1) is 0 Å². The number of benzene rings is 1. The lowest BCUT2D eigenvalue weighted by molar-refractivity contribution is 0.621. The monoisotopic (exact) mass is 385 g/mol. The van der Waals surface area contributed by atoms with E-state index in [4.69, 9.17) is 0 Å². The van der Waals surface area contributed by atoms with Gasteiger partial charge in [-0.25, -0.2) is 9.67 Å². The van der Waals surface area contributed by atoms with Crippen LogP contribution in [0.4, 0.5) is 5.69 Å². The fourth-order valence-electron chi connectivity index (χ4n) is 3.77. The quantitative estimate of drug-likeness (QED) is 0.538. The topological polar surface area (TPSA) is 72.5 Å². The van der Waals surface area contributed by atoms with E-state index in [1.807, 2.05) is 12.1 Å². The molecule has 1 aromatic carbocycles. The number of pyridine rings is 1. The van der Waals surface area contributed by atoms with Crippen molar-refractivity contribution >= 4 is 11.3 Å². The Bertz CT molecular complexity index is 1320. The number of anilines is 1. The van der Waals surface area contributed by atoms with Crippen molar-refractivity contribution in [2.45, 2.75) is 19.5 Å². The average Bonchev–Trinajstić information content (AvgIpc) is 2.75. The maximum absolute atomic E-state index is 12.6. The molecule has 0 spiro atoms. The molecule has 0 atom stereocenters. The van der Waals surface area contributed by atoms with E-state index in [9.17, 15) is 9.59 Å². The molecule has 0 radical (unpaired) electrons. The molecule has 0 fully saturated rings. The van der Waals surface area contributed by atoms with Crippen LogP contribution >= 0.6 is 0 Å². The van der Waals surface area contributed by atoms with Crippen molar-refractivity contribution in [2.75, 3.05) is 11.4 Å². The number of nitrogens with zero attached hydrogens (tertiary/aromatic N) is 5. The molecule has 0 bridgehead atoms. The molecule has 0 N–H and O–H groups in total. The maximum Gasteiger partial charge on any atom is 0.269 e. The van der Waals surface area contributed by atoms with E-state index in [1.165, 1.54) is 26.3 Å². The van der Waals surface area contributed by atoms with E-state index in [0.29, 0.717) is 11.3 Å². The Hall–Kier alpha value is -3.74. The largest absolute Gasteiger partial charge is 0.365 e. The predicted molar refractivity (Wildman–Crippen MR) is 110 cm³/mol.